The third-order valence-corrected chi connectivity index (χ3v) is 4.83. The highest BCUT2D eigenvalue weighted by Gasteiger charge is 2.39. The highest BCUT2D eigenvalue weighted by atomic mass is 16.5. The Labute approximate surface area is 131 Å². The van der Waals surface area contributed by atoms with Gasteiger partial charge in [-0.15, -0.1) is 0 Å². The van der Waals surface area contributed by atoms with Crippen LogP contribution >= 0.6 is 0 Å². The Hall–Kier alpha value is -1.79. The Morgan fingerprint density at radius 1 is 1.18 bits per heavy atom. The Morgan fingerprint density at radius 3 is 2.45 bits per heavy atom. The van der Waals surface area contributed by atoms with E-state index in [0.717, 1.165) is 43.8 Å². The third kappa shape index (κ3) is 3.03. The number of methoxy groups -OCH3 is 2. The number of hydrogen-bond acceptors (Lipinski definition) is 4. The summed E-state index contributed by atoms with van der Waals surface area (Å²) in [5, 5.41) is 2.99. The van der Waals surface area contributed by atoms with Gasteiger partial charge in [-0.25, -0.2) is 0 Å². The number of nitrogens with zero attached hydrogens (tertiary/aromatic N) is 2. The molecular weight excluding hydrogens is 282 g/mol. The van der Waals surface area contributed by atoms with Crippen molar-refractivity contribution in [3.8, 4) is 11.5 Å². The fourth-order valence-corrected chi connectivity index (χ4v) is 3.37. The minimum atomic E-state index is 0.0434. The molecular formula is C16H24N3O3+. The van der Waals surface area contributed by atoms with Crippen molar-refractivity contribution in [2.45, 2.75) is 0 Å². The molecule has 22 heavy (non-hydrogen) atoms. The minimum absolute atomic E-state index is 0.0434. The molecule has 6 nitrogen and oxygen atoms in total. The molecule has 1 N–H and O–H groups in total. The second-order valence-corrected chi connectivity index (χ2v) is 6.13. The van der Waals surface area contributed by atoms with E-state index in [1.165, 1.54) is 0 Å². The number of hydrogen-bond donors (Lipinski definition) is 1. The fraction of sp³-hybridized carbons (Fsp3) is 0.562. The lowest BCUT2D eigenvalue weighted by molar-refractivity contribution is -0.933. The van der Waals surface area contributed by atoms with Crippen LogP contribution in [-0.2, 0) is 4.79 Å². The molecule has 6 heteroatoms. The number of carbonyl (C=O) groups is 1. The van der Waals surface area contributed by atoms with E-state index in [2.05, 4.69) is 10.2 Å². The first-order valence-corrected chi connectivity index (χ1v) is 7.73. The van der Waals surface area contributed by atoms with E-state index in [1.54, 1.807) is 26.4 Å². The topological polar surface area (TPSA) is 50.8 Å². The van der Waals surface area contributed by atoms with E-state index in [-0.39, 0.29) is 5.91 Å². The van der Waals surface area contributed by atoms with Crippen molar-refractivity contribution >= 4 is 11.6 Å². The highest BCUT2D eigenvalue weighted by Crippen LogP contribution is 2.29. The fourth-order valence-electron chi connectivity index (χ4n) is 3.37. The molecule has 3 saturated heterocycles. The summed E-state index contributed by atoms with van der Waals surface area (Å²) in [5.74, 6) is 1.40. The zero-order valence-electron chi connectivity index (χ0n) is 13.3. The summed E-state index contributed by atoms with van der Waals surface area (Å²) in [6, 6.07) is 5.42. The predicted octanol–water partition coefficient (Wildman–Crippen LogP) is 0.788. The Balaban J connectivity index is 1.69. The van der Waals surface area contributed by atoms with Gasteiger partial charge in [-0.1, -0.05) is 0 Å². The number of rotatable bonds is 5. The van der Waals surface area contributed by atoms with Crippen molar-refractivity contribution in [1.82, 2.24) is 4.90 Å². The second-order valence-electron chi connectivity index (χ2n) is 6.13. The summed E-state index contributed by atoms with van der Waals surface area (Å²) in [4.78, 5) is 15.0. The lowest BCUT2D eigenvalue weighted by atomic mass is 10.1. The van der Waals surface area contributed by atoms with E-state index in [4.69, 9.17) is 9.47 Å². The number of benzene rings is 1. The van der Waals surface area contributed by atoms with Crippen LogP contribution in [0.3, 0.4) is 0 Å². The first-order valence-electron chi connectivity index (χ1n) is 7.73. The van der Waals surface area contributed by atoms with Gasteiger partial charge in [-0.2, -0.15) is 0 Å². The van der Waals surface area contributed by atoms with Gasteiger partial charge in [0.1, 0.15) is 11.5 Å². The Bertz CT molecular complexity index is 540. The molecule has 3 aliphatic rings. The molecule has 3 fully saturated rings. The van der Waals surface area contributed by atoms with Crippen LogP contribution < -0.4 is 14.8 Å². The van der Waals surface area contributed by atoms with Gasteiger partial charge in [0.2, 0.25) is 0 Å². The average Bonchev–Trinajstić information content (AvgIpc) is 2.55. The lowest BCUT2D eigenvalue weighted by Gasteiger charge is -2.50. The van der Waals surface area contributed by atoms with Crippen molar-refractivity contribution in [3.63, 3.8) is 0 Å². The summed E-state index contributed by atoms with van der Waals surface area (Å²) in [5.41, 5.74) is 0.667. The molecule has 120 valence electrons. The molecule has 0 radical (unpaired) electrons. The Kier molecular flexibility index (Phi) is 4.22. The monoisotopic (exact) mass is 306 g/mol. The largest absolute Gasteiger partial charge is 0.497 e. The molecule has 0 atom stereocenters. The summed E-state index contributed by atoms with van der Waals surface area (Å²) in [6.07, 6.45) is 0. The first kappa shape index (κ1) is 15.1. The number of nitrogens with one attached hydrogen (secondary N) is 1. The Morgan fingerprint density at radius 2 is 1.86 bits per heavy atom. The van der Waals surface area contributed by atoms with Gasteiger partial charge in [-0.05, 0) is 12.1 Å². The first-order chi connectivity index (χ1) is 10.6. The molecule has 4 rings (SSSR count). The molecule has 1 aromatic carbocycles. The van der Waals surface area contributed by atoms with Crippen molar-refractivity contribution < 1.29 is 18.8 Å². The zero-order chi connectivity index (χ0) is 15.6. The summed E-state index contributed by atoms with van der Waals surface area (Å²) >= 11 is 0. The number of anilines is 1. The molecule has 0 unspecified atom stereocenters. The van der Waals surface area contributed by atoms with Gasteiger partial charge in [0.05, 0.1) is 39.5 Å². The van der Waals surface area contributed by atoms with Crippen molar-refractivity contribution in [3.05, 3.63) is 18.2 Å². The number of amides is 1. The number of quaternary nitrogens is 1. The number of ether oxygens (including phenoxy) is 2. The van der Waals surface area contributed by atoms with Crippen LogP contribution in [0.5, 0.6) is 11.5 Å². The van der Waals surface area contributed by atoms with Crippen molar-refractivity contribution in [1.29, 1.82) is 0 Å². The van der Waals surface area contributed by atoms with Gasteiger partial charge in [0.15, 0.2) is 6.54 Å². The second kappa shape index (κ2) is 6.14. The highest BCUT2D eigenvalue weighted by molar-refractivity contribution is 5.93. The van der Waals surface area contributed by atoms with Crippen LogP contribution in [0.15, 0.2) is 18.2 Å². The van der Waals surface area contributed by atoms with Crippen molar-refractivity contribution in [2.24, 2.45) is 0 Å². The number of carbonyl (C=O) groups excluding carboxylic acids is 1. The van der Waals surface area contributed by atoms with Crippen LogP contribution in [0, 0.1) is 0 Å². The van der Waals surface area contributed by atoms with Crippen LogP contribution in [-0.4, -0.2) is 75.3 Å². The van der Waals surface area contributed by atoms with Crippen molar-refractivity contribution in [2.75, 3.05) is 65.3 Å². The van der Waals surface area contributed by atoms with Crippen LogP contribution in [0.4, 0.5) is 5.69 Å². The van der Waals surface area contributed by atoms with E-state index in [0.29, 0.717) is 23.7 Å². The molecule has 2 bridgehead atoms. The average molecular weight is 306 g/mol. The number of piperazine rings is 3. The predicted molar refractivity (Wildman–Crippen MR) is 84.3 cm³/mol. The van der Waals surface area contributed by atoms with Gasteiger partial charge in [-0.3, -0.25) is 9.69 Å². The molecule has 3 aliphatic heterocycles. The van der Waals surface area contributed by atoms with Crippen LogP contribution in [0.1, 0.15) is 0 Å². The van der Waals surface area contributed by atoms with Crippen LogP contribution in [0.2, 0.25) is 0 Å². The summed E-state index contributed by atoms with van der Waals surface area (Å²) in [7, 11) is 3.21. The quantitative estimate of drug-likeness (QED) is 0.817. The smallest absolute Gasteiger partial charge is 0.279 e. The zero-order valence-corrected chi connectivity index (χ0v) is 13.3. The molecule has 1 aromatic rings. The van der Waals surface area contributed by atoms with Gasteiger partial charge >= 0.3 is 0 Å². The van der Waals surface area contributed by atoms with E-state index >= 15 is 0 Å². The van der Waals surface area contributed by atoms with E-state index in [1.807, 2.05) is 6.07 Å². The molecule has 0 aliphatic carbocycles. The normalized spacial score (nSPS) is 26.5. The van der Waals surface area contributed by atoms with Gasteiger partial charge < -0.3 is 19.3 Å². The number of fused-ring (bicyclic) bond motifs is 3. The van der Waals surface area contributed by atoms with E-state index < -0.39 is 0 Å². The third-order valence-electron chi connectivity index (χ3n) is 4.83. The SMILES string of the molecule is COc1ccc(OC)c(NC(=O)C[N+]23CCN(CC2)CC3)c1. The van der Waals surface area contributed by atoms with E-state index in [9.17, 15) is 4.79 Å². The minimum Gasteiger partial charge on any atom is -0.497 e. The standard InChI is InChI=1S/C16H23N3O3/c1-21-13-3-4-15(22-2)14(11-13)17-16(20)12-19-8-5-18(6-9-19)7-10-19/h3-4,11H,5-10,12H2,1-2H3/p+1. The van der Waals surface area contributed by atoms with Crippen LogP contribution in [0.25, 0.3) is 0 Å². The molecule has 1 amide bonds. The summed E-state index contributed by atoms with van der Waals surface area (Å²) < 4.78 is 11.4. The molecule has 0 aromatic heterocycles. The molecule has 0 saturated carbocycles. The maximum atomic E-state index is 12.5. The molecule has 3 heterocycles. The van der Waals surface area contributed by atoms with Gasteiger partial charge in [0, 0.05) is 25.7 Å². The summed E-state index contributed by atoms with van der Waals surface area (Å²) in [6.45, 7) is 7.07. The lowest BCUT2D eigenvalue weighted by Crippen LogP contribution is -2.68. The van der Waals surface area contributed by atoms with Gasteiger partial charge in [0.25, 0.3) is 5.91 Å². The molecule has 0 spiro atoms. The maximum Gasteiger partial charge on any atom is 0.279 e. The maximum absolute atomic E-state index is 12.5.